The van der Waals surface area contributed by atoms with Crippen LogP contribution >= 0.6 is 0 Å². The molecule has 1 unspecified atom stereocenters. The molecule has 0 amide bonds. The van der Waals surface area contributed by atoms with Crippen molar-refractivity contribution < 1.29 is 14.0 Å². The van der Waals surface area contributed by atoms with Crippen LogP contribution in [0, 0.1) is 6.92 Å². The van der Waals surface area contributed by atoms with E-state index in [0.717, 1.165) is 62.9 Å². The molecule has 0 aliphatic carbocycles. The van der Waals surface area contributed by atoms with Gasteiger partial charge in [-0.15, -0.1) is 0 Å². The van der Waals surface area contributed by atoms with Crippen molar-refractivity contribution >= 4 is 5.96 Å². The second-order valence-electron chi connectivity index (χ2n) is 7.69. The van der Waals surface area contributed by atoms with Gasteiger partial charge in [0.2, 0.25) is 5.89 Å². The molecule has 0 saturated carbocycles. The zero-order valence-corrected chi connectivity index (χ0v) is 19.0. The maximum Gasteiger partial charge on any atom is 0.226 e. The van der Waals surface area contributed by atoms with Crippen molar-refractivity contribution in [2.45, 2.75) is 45.7 Å². The highest BCUT2D eigenvalue weighted by atomic mass is 16.5. The van der Waals surface area contributed by atoms with Crippen LogP contribution in [-0.4, -0.2) is 67.4 Å². The summed E-state index contributed by atoms with van der Waals surface area (Å²) in [5.41, 5.74) is 1.19. The lowest BCUT2D eigenvalue weighted by atomic mass is 10.2. The zero-order chi connectivity index (χ0) is 22.1. The first kappa shape index (κ1) is 22.9. The summed E-state index contributed by atoms with van der Waals surface area (Å²) < 4.78 is 15.9. The molecule has 0 radical (unpaired) electrons. The molecule has 9 heteroatoms. The molecule has 31 heavy (non-hydrogen) atoms. The van der Waals surface area contributed by atoms with E-state index in [9.17, 15) is 0 Å². The van der Waals surface area contributed by atoms with Crippen LogP contribution in [0.25, 0.3) is 0 Å². The van der Waals surface area contributed by atoms with Gasteiger partial charge >= 0.3 is 0 Å². The van der Waals surface area contributed by atoms with Gasteiger partial charge < -0.3 is 24.6 Å². The Kier molecular flexibility index (Phi) is 8.52. The van der Waals surface area contributed by atoms with Crippen molar-refractivity contribution in [3.8, 4) is 11.5 Å². The lowest BCUT2D eigenvalue weighted by Crippen LogP contribution is -2.44. The highest BCUT2D eigenvalue weighted by Crippen LogP contribution is 2.24. The van der Waals surface area contributed by atoms with Crippen molar-refractivity contribution in [3.05, 3.63) is 35.5 Å². The van der Waals surface area contributed by atoms with Gasteiger partial charge in [-0.1, -0.05) is 5.16 Å². The van der Waals surface area contributed by atoms with Gasteiger partial charge in [-0.2, -0.15) is 4.98 Å². The van der Waals surface area contributed by atoms with E-state index in [0.29, 0.717) is 24.3 Å². The largest absolute Gasteiger partial charge is 0.497 e. The summed E-state index contributed by atoms with van der Waals surface area (Å²) in [6.07, 6.45) is 2.68. The van der Waals surface area contributed by atoms with Gasteiger partial charge in [-0.25, -0.2) is 0 Å². The molecule has 0 spiro atoms. The van der Waals surface area contributed by atoms with E-state index in [4.69, 9.17) is 19.0 Å². The van der Waals surface area contributed by atoms with Gasteiger partial charge in [0, 0.05) is 51.3 Å². The van der Waals surface area contributed by atoms with Gasteiger partial charge in [-0.05, 0) is 44.4 Å². The number of aromatic nitrogens is 2. The van der Waals surface area contributed by atoms with Crippen LogP contribution in [0.4, 0.5) is 0 Å². The van der Waals surface area contributed by atoms with Gasteiger partial charge in [0.05, 0.1) is 14.2 Å². The average molecular weight is 431 g/mol. The first-order chi connectivity index (χ1) is 15.1. The second kappa shape index (κ2) is 11.5. The Morgan fingerprint density at radius 2 is 2.03 bits per heavy atom. The number of hydrogen-bond acceptors (Lipinski definition) is 7. The van der Waals surface area contributed by atoms with E-state index in [-0.39, 0.29) is 0 Å². The zero-order valence-electron chi connectivity index (χ0n) is 19.0. The third-order valence-corrected chi connectivity index (χ3v) is 5.16. The number of likely N-dealkylation sites (tertiary alicyclic amines) is 1. The smallest absolute Gasteiger partial charge is 0.226 e. The van der Waals surface area contributed by atoms with Crippen LogP contribution in [0.3, 0.4) is 0 Å². The topological polar surface area (TPSA) is 97.0 Å². The summed E-state index contributed by atoms with van der Waals surface area (Å²) in [4.78, 5) is 11.4. The van der Waals surface area contributed by atoms with E-state index in [1.807, 2.05) is 13.0 Å². The van der Waals surface area contributed by atoms with Crippen LogP contribution in [0.5, 0.6) is 11.5 Å². The van der Waals surface area contributed by atoms with Gasteiger partial charge in [0.1, 0.15) is 11.5 Å². The Morgan fingerprint density at radius 1 is 1.26 bits per heavy atom. The second-order valence-corrected chi connectivity index (χ2v) is 7.69. The Hall–Kier alpha value is -2.81. The fourth-order valence-electron chi connectivity index (χ4n) is 3.69. The molecule has 1 aliphatic rings. The van der Waals surface area contributed by atoms with Gasteiger partial charge in [0.25, 0.3) is 0 Å². The maximum absolute atomic E-state index is 5.39. The van der Waals surface area contributed by atoms with Crippen LogP contribution in [0.15, 0.2) is 27.7 Å². The molecule has 1 aromatic heterocycles. The van der Waals surface area contributed by atoms with E-state index in [1.54, 1.807) is 14.2 Å². The quantitative estimate of drug-likeness (QED) is 0.336. The number of aliphatic imine (C=N–C) groups is 1. The minimum atomic E-state index is 0.365. The Balaban J connectivity index is 1.48. The summed E-state index contributed by atoms with van der Waals surface area (Å²) >= 11 is 0. The molecule has 0 bridgehead atoms. The molecular formula is C22H34N6O3. The van der Waals surface area contributed by atoms with Crippen LogP contribution in [0.2, 0.25) is 0 Å². The number of hydrogen-bond donors (Lipinski definition) is 2. The van der Waals surface area contributed by atoms with Crippen molar-refractivity contribution in [2.24, 2.45) is 4.99 Å². The number of methoxy groups -OCH3 is 2. The molecule has 1 saturated heterocycles. The van der Waals surface area contributed by atoms with Crippen LogP contribution < -0.4 is 20.1 Å². The van der Waals surface area contributed by atoms with E-state index < -0.39 is 0 Å². The Labute approximate surface area is 184 Å². The molecule has 1 aliphatic heterocycles. The fourth-order valence-corrected chi connectivity index (χ4v) is 3.69. The molecular weight excluding hydrogens is 396 g/mol. The molecule has 3 rings (SSSR count). The fraction of sp³-hybridized carbons (Fsp3) is 0.591. The van der Waals surface area contributed by atoms with Gasteiger partial charge in [0.15, 0.2) is 11.8 Å². The minimum Gasteiger partial charge on any atom is -0.497 e. The van der Waals surface area contributed by atoms with Crippen LogP contribution in [0.1, 0.15) is 37.0 Å². The standard InChI is InChI=1S/C22H34N6O3/c1-5-23-22(24-9-6-7-21-25-16(2)27-31-21)26-18-8-10-28(15-18)14-17-11-19(29-3)13-20(12-17)30-4/h11-13,18H,5-10,14-15H2,1-4H3,(H2,23,24,26). The third kappa shape index (κ3) is 7.13. The normalized spacial score (nSPS) is 17.0. The Morgan fingerprint density at radius 3 is 2.68 bits per heavy atom. The average Bonchev–Trinajstić information content (AvgIpc) is 3.39. The van der Waals surface area contributed by atoms with Gasteiger partial charge in [-0.3, -0.25) is 9.89 Å². The SMILES string of the molecule is CCNC(=NCCCc1nc(C)no1)NC1CCN(Cc2cc(OC)cc(OC)c2)C1. The highest BCUT2D eigenvalue weighted by molar-refractivity contribution is 5.80. The van der Waals surface area contributed by atoms with Crippen molar-refractivity contribution in [1.29, 1.82) is 0 Å². The van der Waals surface area contributed by atoms with Crippen LogP contribution in [-0.2, 0) is 13.0 Å². The Bertz CT molecular complexity index is 831. The number of ether oxygens (including phenoxy) is 2. The van der Waals surface area contributed by atoms with Crippen molar-refractivity contribution in [3.63, 3.8) is 0 Å². The molecule has 170 valence electrons. The molecule has 1 fully saturated rings. The molecule has 2 aromatic rings. The number of guanidine groups is 1. The first-order valence-electron chi connectivity index (χ1n) is 10.9. The third-order valence-electron chi connectivity index (χ3n) is 5.16. The predicted molar refractivity (Wildman–Crippen MR) is 120 cm³/mol. The predicted octanol–water partition coefficient (Wildman–Crippen LogP) is 2.16. The number of nitrogens with one attached hydrogen (secondary N) is 2. The molecule has 1 aromatic carbocycles. The number of rotatable bonds is 10. The monoisotopic (exact) mass is 430 g/mol. The first-order valence-corrected chi connectivity index (χ1v) is 10.9. The maximum atomic E-state index is 5.39. The summed E-state index contributed by atoms with van der Waals surface area (Å²) in [5.74, 6) is 3.85. The molecule has 2 heterocycles. The molecule has 9 nitrogen and oxygen atoms in total. The lowest BCUT2D eigenvalue weighted by molar-refractivity contribution is 0.321. The number of benzene rings is 1. The number of nitrogens with zero attached hydrogens (tertiary/aromatic N) is 4. The van der Waals surface area contributed by atoms with Crippen molar-refractivity contribution in [1.82, 2.24) is 25.7 Å². The van der Waals surface area contributed by atoms with E-state index in [1.165, 1.54) is 5.56 Å². The van der Waals surface area contributed by atoms with E-state index in [2.05, 4.69) is 44.7 Å². The van der Waals surface area contributed by atoms with E-state index >= 15 is 0 Å². The molecule has 1 atom stereocenters. The number of aryl methyl sites for hydroxylation is 2. The lowest BCUT2D eigenvalue weighted by Gasteiger charge is -2.19. The van der Waals surface area contributed by atoms with Crippen molar-refractivity contribution in [2.75, 3.05) is 40.4 Å². The highest BCUT2D eigenvalue weighted by Gasteiger charge is 2.23. The summed E-state index contributed by atoms with van der Waals surface area (Å²) in [6, 6.07) is 6.40. The summed E-state index contributed by atoms with van der Waals surface area (Å²) in [6.45, 7) is 8.30. The summed E-state index contributed by atoms with van der Waals surface area (Å²) in [5, 5.41) is 10.7. The molecule has 2 N–H and O–H groups in total. The minimum absolute atomic E-state index is 0.365. The summed E-state index contributed by atoms with van der Waals surface area (Å²) in [7, 11) is 3.36.